The Labute approximate surface area is 254 Å². The van der Waals surface area contributed by atoms with E-state index in [9.17, 15) is 13.2 Å². The van der Waals surface area contributed by atoms with E-state index in [4.69, 9.17) is 25.5 Å². The second-order valence-corrected chi connectivity index (χ2v) is 12.8. The van der Waals surface area contributed by atoms with Gasteiger partial charge in [-0.15, -0.1) is 0 Å². The number of halogens is 1. The van der Waals surface area contributed by atoms with Gasteiger partial charge in [0.15, 0.2) is 11.5 Å². The van der Waals surface area contributed by atoms with Gasteiger partial charge in [0.05, 0.1) is 32.2 Å². The van der Waals surface area contributed by atoms with Crippen LogP contribution in [-0.4, -0.2) is 81.9 Å². The Morgan fingerprint density at radius 3 is 2.31 bits per heavy atom. The van der Waals surface area contributed by atoms with Gasteiger partial charge in [0.1, 0.15) is 11.5 Å². The SMILES string of the molecule is COc1ccc(CCN(Cc2ccc(C)o2)C(=O)CN(CCN2CCCCC2)S(=O)(=O)c2ccc(Cl)cc2)cc1OC. The average molecular weight is 618 g/mol. The van der Waals surface area contributed by atoms with Crippen LogP contribution in [0.25, 0.3) is 0 Å². The summed E-state index contributed by atoms with van der Waals surface area (Å²) in [6.45, 7) is 4.76. The van der Waals surface area contributed by atoms with E-state index in [1.165, 1.54) is 22.9 Å². The molecule has 11 heteroatoms. The fourth-order valence-electron chi connectivity index (χ4n) is 5.08. The zero-order valence-electron chi connectivity index (χ0n) is 24.6. The number of aryl methyl sites for hydroxylation is 1. The molecular formula is C31H40ClN3O6S. The van der Waals surface area contributed by atoms with E-state index in [2.05, 4.69) is 4.90 Å². The second kappa shape index (κ2) is 14.9. The number of carbonyl (C=O) groups excluding carboxylic acids is 1. The fraction of sp³-hybridized carbons (Fsp3) is 0.452. The van der Waals surface area contributed by atoms with Crippen LogP contribution in [0.4, 0.5) is 0 Å². The van der Waals surface area contributed by atoms with Gasteiger partial charge in [0, 0.05) is 24.7 Å². The number of sulfonamides is 1. The van der Waals surface area contributed by atoms with Gasteiger partial charge in [0.25, 0.3) is 0 Å². The molecule has 3 aromatic rings. The van der Waals surface area contributed by atoms with Gasteiger partial charge in [-0.05, 0) is 93.4 Å². The van der Waals surface area contributed by atoms with E-state index >= 15 is 0 Å². The molecule has 0 bridgehead atoms. The maximum absolute atomic E-state index is 13.9. The lowest BCUT2D eigenvalue weighted by molar-refractivity contribution is -0.132. The molecule has 42 heavy (non-hydrogen) atoms. The van der Waals surface area contributed by atoms with Gasteiger partial charge in [-0.2, -0.15) is 4.31 Å². The largest absolute Gasteiger partial charge is 0.493 e. The Morgan fingerprint density at radius 1 is 0.952 bits per heavy atom. The van der Waals surface area contributed by atoms with Gasteiger partial charge >= 0.3 is 0 Å². The van der Waals surface area contributed by atoms with Gasteiger partial charge < -0.3 is 23.7 Å². The Balaban J connectivity index is 1.56. The molecule has 0 saturated carbocycles. The summed E-state index contributed by atoms with van der Waals surface area (Å²) in [5.74, 6) is 2.30. The van der Waals surface area contributed by atoms with Gasteiger partial charge in [-0.25, -0.2) is 8.42 Å². The molecule has 2 heterocycles. The molecule has 0 spiro atoms. The Kier molecular flexibility index (Phi) is 11.3. The number of benzene rings is 2. The van der Waals surface area contributed by atoms with Gasteiger partial charge in [0.2, 0.25) is 15.9 Å². The minimum absolute atomic E-state index is 0.108. The first-order chi connectivity index (χ1) is 20.2. The first kappa shape index (κ1) is 31.9. The van der Waals surface area contributed by atoms with Crippen molar-refractivity contribution >= 4 is 27.5 Å². The molecule has 1 aliphatic rings. The first-order valence-corrected chi connectivity index (χ1v) is 16.0. The van der Waals surface area contributed by atoms with Crippen molar-refractivity contribution in [2.24, 2.45) is 0 Å². The van der Waals surface area contributed by atoms with Crippen molar-refractivity contribution in [3.63, 3.8) is 0 Å². The van der Waals surface area contributed by atoms with E-state index in [0.717, 1.165) is 37.3 Å². The molecule has 1 saturated heterocycles. The summed E-state index contributed by atoms with van der Waals surface area (Å²) < 4.78 is 45.5. The van der Waals surface area contributed by atoms with Crippen molar-refractivity contribution in [2.75, 3.05) is 53.5 Å². The standard InChI is InChI=1S/C31H40ClN3O6S/c1-24-7-11-27(41-24)22-34(18-15-25-8-14-29(39-2)30(21-25)40-3)31(36)23-35(20-19-33-16-5-4-6-17-33)42(37,38)28-12-9-26(32)10-13-28/h7-14,21H,4-6,15-20,22-23H2,1-3H3. The predicted molar refractivity (Wildman–Crippen MR) is 163 cm³/mol. The number of hydrogen-bond acceptors (Lipinski definition) is 7. The zero-order valence-corrected chi connectivity index (χ0v) is 26.1. The molecule has 4 rings (SSSR count). The molecular weight excluding hydrogens is 578 g/mol. The van der Waals surface area contributed by atoms with Crippen molar-refractivity contribution in [1.82, 2.24) is 14.1 Å². The third kappa shape index (κ3) is 8.50. The fourth-order valence-corrected chi connectivity index (χ4v) is 6.58. The molecule has 2 aromatic carbocycles. The highest BCUT2D eigenvalue weighted by Crippen LogP contribution is 2.28. The molecule has 9 nitrogen and oxygen atoms in total. The molecule has 228 valence electrons. The van der Waals surface area contributed by atoms with Crippen LogP contribution in [0.1, 0.15) is 36.3 Å². The van der Waals surface area contributed by atoms with Crippen LogP contribution in [0.5, 0.6) is 11.5 Å². The minimum atomic E-state index is -3.95. The predicted octanol–water partition coefficient (Wildman–Crippen LogP) is 5.01. The van der Waals surface area contributed by atoms with E-state index in [-0.39, 0.29) is 30.4 Å². The van der Waals surface area contributed by atoms with Crippen LogP contribution in [-0.2, 0) is 27.8 Å². The maximum atomic E-state index is 13.9. The normalized spacial score (nSPS) is 14.2. The summed E-state index contributed by atoms with van der Waals surface area (Å²) in [4.78, 5) is 17.9. The highest BCUT2D eigenvalue weighted by Gasteiger charge is 2.29. The number of ether oxygens (including phenoxy) is 2. The zero-order chi connectivity index (χ0) is 30.1. The van der Waals surface area contributed by atoms with E-state index < -0.39 is 10.0 Å². The lowest BCUT2D eigenvalue weighted by Crippen LogP contribution is -2.46. The van der Waals surface area contributed by atoms with Crippen molar-refractivity contribution in [2.45, 2.75) is 44.0 Å². The number of methoxy groups -OCH3 is 2. The number of likely N-dealkylation sites (tertiary alicyclic amines) is 1. The van der Waals surface area contributed by atoms with Crippen LogP contribution in [0, 0.1) is 6.92 Å². The van der Waals surface area contributed by atoms with Crippen LogP contribution in [0.3, 0.4) is 0 Å². The van der Waals surface area contributed by atoms with Gasteiger partial charge in [-0.1, -0.05) is 24.1 Å². The molecule has 0 unspecified atom stereocenters. The highest BCUT2D eigenvalue weighted by atomic mass is 35.5. The summed E-state index contributed by atoms with van der Waals surface area (Å²) in [5.41, 5.74) is 0.955. The maximum Gasteiger partial charge on any atom is 0.243 e. The second-order valence-electron chi connectivity index (χ2n) is 10.5. The number of furan rings is 1. The van der Waals surface area contributed by atoms with Crippen molar-refractivity contribution in [1.29, 1.82) is 0 Å². The van der Waals surface area contributed by atoms with E-state index in [1.54, 1.807) is 31.3 Å². The number of nitrogens with zero attached hydrogens (tertiary/aromatic N) is 3. The lowest BCUT2D eigenvalue weighted by atomic mass is 10.1. The van der Waals surface area contributed by atoms with Crippen molar-refractivity contribution < 1.29 is 27.1 Å². The summed E-state index contributed by atoms with van der Waals surface area (Å²) in [6.07, 6.45) is 3.90. The quantitative estimate of drug-likeness (QED) is 0.251. The minimum Gasteiger partial charge on any atom is -0.493 e. The lowest BCUT2D eigenvalue weighted by Gasteiger charge is -2.31. The monoisotopic (exact) mass is 617 g/mol. The summed E-state index contributed by atoms with van der Waals surface area (Å²) in [7, 11) is -0.792. The topological polar surface area (TPSA) is 92.5 Å². The average Bonchev–Trinajstić information content (AvgIpc) is 3.41. The summed E-state index contributed by atoms with van der Waals surface area (Å²) in [6, 6.07) is 15.4. The number of hydrogen-bond donors (Lipinski definition) is 0. The summed E-state index contributed by atoms with van der Waals surface area (Å²) in [5, 5.41) is 0.444. The smallest absolute Gasteiger partial charge is 0.243 e. The molecule has 0 atom stereocenters. The molecule has 0 radical (unpaired) electrons. The van der Waals surface area contributed by atoms with Crippen LogP contribution in [0.2, 0.25) is 5.02 Å². The van der Waals surface area contributed by atoms with Crippen LogP contribution in [0.15, 0.2) is 63.9 Å². The molecule has 1 amide bonds. The Morgan fingerprint density at radius 2 is 1.67 bits per heavy atom. The number of amides is 1. The van der Waals surface area contributed by atoms with Crippen LogP contribution >= 0.6 is 11.6 Å². The van der Waals surface area contributed by atoms with Gasteiger partial charge in [-0.3, -0.25) is 4.79 Å². The molecule has 1 aliphatic heterocycles. The third-order valence-electron chi connectivity index (χ3n) is 7.49. The summed E-state index contributed by atoms with van der Waals surface area (Å²) >= 11 is 6.03. The van der Waals surface area contributed by atoms with E-state index in [1.807, 2.05) is 37.3 Å². The molecule has 1 aromatic heterocycles. The molecule has 0 aliphatic carbocycles. The molecule has 0 N–H and O–H groups in total. The van der Waals surface area contributed by atoms with Crippen LogP contribution < -0.4 is 9.47 Å². The van der Waals surface area contributed by atoms with Crippen molar-refractivity contribution in [3.05, 3.63) is 76.7 Å². The Bertz CT molecular complexity index is 1420. The number of piperidine rings is 1. The number of rotatable bonds is 14. The Hall–Kier alpha value is -3.05. The highest BCUT2D eigenvalue weighted by molar-refractivity contribution is 7.89. The third-order valence-corrected chi connectivity index (χ3v) is 9.60. The first-order valence-electron chi connectivity index (χ1n) is 14.2. The van der Waals surface area contributed by atoms with E-state index in [0.29, 0.717) is 41.8 Å². The van der Waals surface area contributed by atoms with Crippen molar-refractivity contribution in [3.8, 4) is 11.5 Å². The number of carbonyl (C=O) groups is 1. The molecule has 1 fully saturated rings.